The van der Waals surface area contributed by atoms with Crippen LogP contribution in [-0.4, -0.2) is 20.9 Å². The van der Waals surface area contributed by atoms with E-state index in [0.717, 1.165) is 29.1 Å². The summed E-state index contributed by atoms with van der Waals surface area (Å²) in [6, 6.07) is 9.66. The minimum Gasteiger partial charge on any atom is -0.320 e. The van der Waals surface area contributed by atoms with Crippen molar-refractivity contribution in [3.63, 3.8) is 0 Å². The van der Waals surface area contributed by atoms with Crippen LogP contribution in [0, 0.1) is 13.8 Å². The summed E-state index contributed by atoms with van der Waals surface area (Å²) in [7, 11) is 0. The molecule has 2 N–H and O–H groups in total. The van der Waals surface area contributed by atoms with Crippen LogP contribution in [0.4, 0.5) is 16.8 Å². The molecule has 2 heterocycles. The van der Waals surface area contributed by atoms with Crippen LogP contribution in [0.25, 0.3) is 0 Å². The zero-order chi connectivity index (χ0) is 17.8. The molecule has 0 aliphatic rings. The van der Waals surface area contributed by atoms with Gasteiger partial charge in [0.1, 0.15) is 5.69 Å². The number of hydrogen-bond donors (Lipinski definition) is 2. The van der Waals surface area contributed by atoms with Gasteiger partial charge in [-0.15, -0.1) is 11.3 Å². The lowest BCUT2D eigenvalue weighted by molar-refractivity contribution is 0.102. The normalized spacial score (nSPS) is 10.5. The monoisotopic (exact) mass is 353 g/mol. The first kappa shape index (κ1) is 17.0. The number of carbonyl (C=O) groups is 1. The van der Waals surface area contributed by atoms with Gasteiger partial charge in [0.25, 0.3) is 5.91 Å². The number of aryl methyl sites for hydroxylation is 3. The van der Waals surface area contributed by atoms with Gasteiger partial charge < -0.3 is 10.6 Å². The second kappa shape index (κ2) is 7.40. The first-order valence-corrected chi connectivity index (χ1v) is 8.87. The Balaban J connectivity index is 1.73. The van der Waals surface area contributed by atoms with Crippen molar-refractivity contribution in [3.05, 3.63) is 58.4 Å². The molecule has 0 bridgehead atoms. The Bertz CT molecular complexity index is 886. The molecule has 1 aromatic carbocycles. The minimum absolute atomic E-state index is 0.230. The third kappa shape index (κ3) is 4.19. The predicted molar refractivity (Wildman–Crippen MR) is 101 cm³/mol. The molecule has 128 valence electrons. The summed E-state index contributed by atoms with van der Waals surface area (Å²) < 4.78 is 0. The van der Waals surface area contributed by atoms with Gasteiger partial charge in [0, 0.05) is 22.5 Å². The first-order chi connectivity index (χ1) is 12.0. The Kier molecular flexibility index (Phi) is 5.04. The summed E-state index contributed by atoms with van der Waals surface area (Å²) in [5.74, 6) is 0.252. The van der Waals surface area contributed by atoms with E-state index in [9.17, 15) is 4.79 Å². The summed E-state index contributed by atoms with van der Waals surface area (Å²) in [5.41, 5.74) is 4.02. The van der Waals surface area contributed by atoms with E-state index >= 15 is 0 Å². The number of anilines is 3. The number of hydrogen-bond acceptors (Lipinski definition) is 6. The Labute approximate surface area is 150 Å². The molecule has 0 saturated carbocycles. The highest BCUT2D eigenvalue weighted by Crippen LogP contribution is 2.21. The van der Waals surface area contributed by atoms with E-state index < -0.39 is 0 Å². The molecule has 7 heteroatoms. The largest absolute Gasteiger partial charge is 0.320 e. The van der Waals surface area contributed by atoms with Gasteiger partial charge in [-0.25, -0.2) is 15.0 Å². The summed E-state index contributed by atoms with van der Waals surface area (Å²) >= 11 is 1.34. The second-order valence-corrected chi connectivity index (χ2v) is 6.46. The van der Waals surface area contributed by atoms with E-state index in [1.807, 2.05) is 44.2 Å². The molecule has 0 spiro atoms. The average Bonchev–Trinajstić information content (AvgIpc) is 3.03. The summed E-state index contributed by atoms with van der Waals surface area (Å²) in [4.78, 5) is 25.4. The SMILES string of the molecule is CCc1ccccc1NC(=O)c1csc(Nc2nc(C)cc(C)n2)n1. The van der Waals surface area contributed by atoms with Gasteiger partial charge in [-0.3, -0.25) is 4.79 Å². The van der Waals surface area contributed by atoms with Crippen LogP contribution >= 0.6 is 11.3 Å². The maximum Gasteiger partial charge on any atom is 0.275 e. The molecule has 0 atom stereocenters. The molecule has 0 fully saturated rings. The summed E-state index contributed by atoms with van der Waals surface area (Å²) in [6.45, 7) is 5.87. The lowest BCUT2D eigenvalue weighted by atomic mass is 10.1. The van der Waals surface area contributed by atoms with Crippen LogP contribution in [0.2, 0.25) is 0 Å². The Morgan fingerprint density at radius 1 is 1.12 bits per heavy atom. The fourth-order valence-corrected chi connectivity index (χ4v) is 3.13. The van der Waals surface area contributed by atoms with Crippen LogP contribution in [0.1, 0.15) is 34.4 Å². The summed E-state index contributed by atoms with van der Waals surface area (Å²) in [6.07, 6.45) is 0.852. The number of aromatic nitrogens is 3. The van der Waals surface area contributed by atoms with Gasteiger partial charge in [0.05, 0.1) is 0 Å². The minimum atomic E-state index is -0.230. The third-order valence-electron chi connectivity index (χ3n) is 3.58. The maximum absolute atomic E-state index is 12.4. The van der Waals surface area contributed by atoms with Crippen LogP contribution in [0.3, 0.4) is 0 Å². The Morgan fingerprint density at radius 3 is 2.56 bits per heavy atom. The van der Waals surface area contributed by atoms with Crippen molar-refractivity contribution >= 4 is 34.0 Å². The number of thiazole rings is 1. The molecule has 25 heavy (non-hydrogen) atoms. The van der Waals surface area contributed by atoms with Crippen LogP contribution in [0.15, 0.2) is 35.7 Å². The highest BCUT2D eigenvalue weighted by atomic mass is 32.1. The van der Waals surface area contributed by atoms with Crippen molar-refractivity contribution in [2.75, 3.05) is 10.6 Å². The fraction of sp³-hybridized carbons (Fsp3) is 0.222. The number of para-hydroxylation sites is 1. The molecule has 1 amide bonds. The molecular weight excluding hydrogens is 334 g/mol. The average molecular weight is 353 g/mol. The lowest BCUT2D eigenvalue weighted by Gasteiger charge is -2.08. The first-order valence-electron chi connectivity index (χ1n) is 7.99. The molecule has 0 aliphatic heterocycles. The van der Waals surface area contributed by atoms with Crippen LogP contribution in [0.5, 0.6) is 0 Å². The van der Waals surface area contributed by atoms with Crippen molar-refractivity contribution in [2.45, 2.75) is 27.2 Å². The highest BCUT2D eigenvalue weighted by Gasteiger charge is 2.13. The number of benzene rings is 1. The van der Waals surface area contributed by atoms with Gasteiger partial charge in [-0.2, -0.15) is 0 Å². The maximum atomic E-state index is 12.4. The fourth-order valence-electron chi connectivity index (χ4n) is 2.45. The van der Waals surface area contributed by atoms with Crippen molar-refractivity contribution in [1.29, 1.82) is 0 Å². The molecule has 0 unspecified atom stereocenters. The molecule has 6 nitrogen and oxygen atoms in total. The Hall–Kier alpha value is -2.80. The van der Waals surface area contributed by atoms with E-state index in [0.29, 0.717) is 16.8 Å². The second-order valence-electron chi connectivity index (χ2n) is 5.60. The number of carbonyl (C=O) groups excluding carboxylic acids is 1. The lowest BCUT2D eigenvalue weighted by Crippen LogP contribution is -2.13. The van der Waals surface area contributed by atoms with E-state index in [2.05, 4.69) is 32.5 Å². The van der Waals surface area contributed by atoms with Crippen molar-refractivity contribution in [2.24, 2.45) is 0 Å². The quantitative estimate of drug-likeness (QED) is 0.721. The molecule has 0 radical (unpaired) electrons. The van der Waals surface area contributed by atoms with Gasteiger partial charge in [-0.1, -0.05) is 25.1 Å². The molecule has 3 aromatic rings. The number of nitrogens with one attached hydrogen (secondary N) is 2. The molecule has 3 rings (SSSR count). The zero-order valence-corrected chi connectivity index (χ0v) is 15.1. The van der Waals surface area contributed by atoms with E-state index in [-0.39, 0.29) is 5.91 Å². The highest BCUT2D eigenvalue weighted by molar-refractivity contribution is 7.14. The topological polar surface area (TPSA) is 79.8 Å². The Morgan fingerprint density at radius 2 is 1.84 bits per heavy atom. The van der Waals surface area contributed by atoms with Gasteiger partial charge in [0.2, 0.25) is 5.95 Å². The molecule has 0 saturated heterocycles. The van der Waals surface area contributed by atoms with Gasteiger partial charge in [0.15, 0.2) is 5.13 Å². The smallest absolute Gasteiger partial charge is 0.275 e. The van der Waals surface area contributed by atoms with E-state index in [1.54, 1.807) is 5.38 Å². The number of rotatable bonds is 5. The van der Waals surface area contributed by atoms with Crippen molar-refractivity contribution < 1.29 is 4.79 Å². The van der Waals surface area contributed by atoms with Gasteiger partial charge in [-0.05, 0) is 38.0 Å². The van der Waals surface area contributed by atoms with Crippen LogP contribution in [-0.2, 0) is 6.42 Å². The third-order valence-corrected chi connectivity index (χ3v) is 4.34. The standard InChI is InChI=1S/C18H19N5OS/c1-4-13-7-5-6-8-14(13)21-16(24)15-10-25-18(22-15)23-17-19-11(2)9-12(3)20-17/h5-10H,4H2,1-3H3,(H,21,24)(H,19,20,22,23). The zero-order valence-electron chi connectivity index (χ0n) is 14.3. The molecular formula is C18H19N5OS. The van der Waals surface area contributed by atoms with E-state index in [4.69, 9.17) is 0 Å². The molecule has 2 aromatic heterocycles. The number of amides is 1. The summed E-state index contributed by atoms with van der Waals surface area (Å²) in [5, 5.41) is 8.27. The molecule has 0 aliphatic carbocycles. The predicted octanol–water partition coefficient (Wildman–Crippen LogP) is 4.11. The van der Waals surface area contributed by atoms with Crippen LogP contribution < -0.4 is 10.6 Å². The van der Waals surface area contributed by atoms with Crippen molar-refractivity contribution in [1.82, 2.24) is 15.0 Å². The van der Waals surface area contributed by atoms with E-state index in [1.165, 1.54) is 11.3 Å². The van der Waals surface area contributed by atoms with Crippen molar-refractivity contribution in [3.8, 4) is 0 Å². The number of nitrogens with zero attached hydrogens (tertiary/aromatic N) is 3. The van der Waals surface area contributed by atoms with Gasteiger partial charge >= 0.3 is 0 Å².